The third kappa shape index (κ3) is 2.43. The number of carbonyl (C=O) groups excluding carboxylic acids is 1. The molecule has 1 aliphatic rings. The molecule has 5 heteroatoms. The molecule has 0 saturated carbocycles. The lowest BCUT2D eigenvalue weighted by Crippen LogP contribution is -2.30. The summed E-state index contributed by atoms with van der Waals surface area (Å²) in [6.45, 7) is 5.30. The summed E-state index contributed by atoms with van der Waals surface area (Å²) in [5.74, 6) is -0.565. The van der Waals surface area contributed by atoms with E-state index in [0.717, 1.165) is 0 Å². The van der Waals surface area contributed by atoms with E-state index >= 15 is 0 Å². The van der Waals surface area contributed by atoms with Crippen LogP contribution in [0.25, 0.3) is 0 Å². The lowest BCUT2D eigenvalue weighted by Gasteiger charge is -2.18. The van der Waals surface area contributed by atoms with E-state index in [1.54, 1.807) is 20.8 Å². The maximum atomic E-state index is 11.0. The molecule has 64 valence electrons. The number of ether oxygens (including phenoxy) is 1. The van der Waals surface area contributed by atoms with Crippen molar-refractivity contribution in [3.8, 4) is 0 Å². The largest absolute Gasteiger partial charge is 0.455 e. The van der Waals surface area contributed by atoms with Gasteiger partial charge in [-0.2, -0.15) is 9.78 Å². The Labute approximate surface area is 72.9 Å². The van der Waals surface area contributed by atoms with Crippen molar-refractivity contribution in [2.75, 3.05) is 0 Å². The van der Waals surface area contributed by atoms with Gasteiger partial charge in [-0.15, -0.1) is 0 Å². The van der Waals surface area contributed by atoms with Crippen LogP contribution in [0.3, 0.4) is 0 Å². The van der Waals surface area contributed by atoms with E-state index in [2.05, 4.69) is 25.7 Å². The van der Waals surface area contributed by atoms with E-state index in [9.17, 15) is 4.79 Å². The highest BCUT2D eigenvalue weighted by molar-refractivity contribution is 9.10. The molecular formula is C6H9BrO4. The quantitative estimate of drug-likeness (QED) is 0.292. The van der Waals surface area contributed by atoms with Crippen molar-refractivity contribution < 1.29 is 19.3 Å². The maximum absolute atomic E-state index is 11.0. The molecule has 0 atom stereocenters. The van der Waals surface area contributed by atoms with Crippen LogP contribution >= 0.6 is 15.9 Å². The first-order valence-electron chi connectivity index (χ1n) is 3.13. The zero-order valence-electron chi connectivity index (χ0n) is 6.51. The Balaban J connectivity index is 2.45. The second-order valence-corrected chi connectivity index (χ2v) is 4.25. The monoisotopic (exact) mass is 224 g/mol. The number of carbonyl (C=O) groups is 1. The number of alkyl halides is 1. The first-order valence-corrected chi connectivity index (χ1v) is 3.92. The molecule has 4 nitrogen and oxygen atoms in total. The fourth-order valence-electron chi connectivity index (χ4n) is 0.444. The minimum atomic E-state index is -1.33. The smallest absolute Gasteiger partial charge is 0.384 e. The molecule has 1 heterocycles. The highest BCUT2D eigenvalue weighted by Gasteiger charge is 2.57. The SMILES string of the molecule is CC(C)(C)OC(=O)C1(Br)OO1. The van der Waals surface area contributed by atoms with Gasteiger partial charge in [0, 0.05) is 0 Å². The van der Waals surface area contributed by atoms with Gasteiger partial charge >= 0.3 is 10.7 Å². The predicted octanol–water partition coefficient (Wildman–Crippen LogP) is 1.34. The van der Waals surface area contributed by atoms with Gasteiger partial charge in [0.25, 0.3) is 0 Å². The molecule has 0 aromatic heterocycles. The third-order valence-corrected chi connectivity index (χ3v) is 1.46. The molecule has 0 unspecified atom stereocenters. The van der Waals surface area contributed by atoms with E-state index in [0.29, 0.717) is 0 Å². The Bertz CT molecular complexity index is 180. The van der Waals surface area contributed by atoms with Crippen LogP contribution < -0.4 is 0 Å². The summed E-state index contributed by atoms with van der Waals surface area (Å²) in [6, 6.07) is 0. The fraction of sp³-hybridized carbons (Fsp3) is 0.833. The highest BCUT2D eigenvalue weighted by Crippen LogP contribution is 2.38. The van der Waals surface area contributed by atoms with Gasteiger partial charge in [0.1, 0.15) is 5.60 Å². The molecule has 1 fully saturated rings. The Morgan fingerprint density at radius 3 is 2.18 bits per heavy atom. The molecule has 0 aromatic rings. The Morgan fingerprint density at radius 2 is 1.91 bits per heavy atom. The van der Waals surface area contributed by atoms with E-state index < -0.39 is 16.3 Å². The molecule has 1 aliphatic heterocycles. The van der Waals surface area contributed by atoms with Crippen LogP contribution in [0.2, 0.25) is 0 Å². The molecule has 0 spiro atoms. The van der Waals surface area contributed by atoms with Gasteiger partial charge in [0.05, 0.1) is 0 Å². The zero-order chi connectivity index (χ0) is 8.70. The van der Waals surface area contributed by atoms with E-state index in [1.165, 1.54) is 0 Å². The molecule has 0 bridgehead atoms. The normalized spacial score (nSPS) is 21.1. The van der Waals surface area contributed by atoms with Crippen molar-refractivity contribution in [2.24, 2.45) is 0 Å². The van der Waals surface area contributed by atoms with E-state index in [-0.39, 0.29) is 0 Å². The van der Waals surface area contributed by atoms with Crippen molar-refractivity contribution in [3.63, 3.8) is 0 Å². The number of hydrogen-bond donors (Lipinski definition) is 0. The first kappa shape index (κ1) is 8.96. The molecule has 0 radical (unpaired) electrons. The summed E-state index contributed by atoms with van der Waals surface area (Å²) >= 11 is 2.89. The molecule has 0 aromatic carbocycles. The minimum absolute atomic E-state index is 0.521. The summed E-state index contributed by atoms with van der Waals surface area (Å²) in [5.41, 5.74) is -0.521. The van der Waals surface area contributed by atoms with Crippen molar-refractivity contribution in [3.05, 3.63) is 0 Å². The summed E-state index contributed by atoms with van der Waals surface area (Å²) in [4.78, 5) is 19.7. The van der Waals surface area contributed by atoms with Crippen LogP contribution in [-0.2, 0) is 19.3 Å². The van der Waals surface area contributed by atoms with Gasteiger partial charge in [-0.1, -0.05) is 0 Å². The topological polar surface area (TPSA) is 51.4 Å². The second-order valence-electron chi connectivity index (χ2n) is 3.20. The number of hydrogen-bond acceptors (Lipinski definition) is 4. The Kier molecular flexibility index (Phi) is 1.98. The standard InChI is InChI=1S/C6H9BrO4/c1-5(2,3)9-4(8)6(7)10-11-6/h1-3H3. The van der Waals surface area contributed by atoms with Crippen molar-refractivity contribution >= 4 is 21.9 Å². The van der Waals surface area contributed by atoms with Gasteiger partial charge in [0.15, 0.2) is 0 Å². The summed E-state index contributed by atoms with van der Waals surface area (Å²) in [7, 11) is 0. The van der Waals surface area contributed by atoms with Crippen LogP contribution in [0.5, 0.6) is 0 Å². The van der Waals surface area contributed by atoms with Gasteiger partial charge in [-0.25, -0.2) is 4.79 Å². The molecule has 0 amide bonds. The number of halogens is 1. The third-order valence-electron chi connectivity index (χ3n) is 0.872. The lowest BCUT2D eigenvalue weighted by molar-refractivity contribution is -0.158. The van der Waals surface area contributed by atoms with Gasteiger partial charge < -0.3 is 4.74 Å². The fourth-order valence-corrected chi connectivity index (χ4v) is 0.591. The average Bonchev–Trinajstić information content (AvgIpc) is 2.44. The van der Waals surface area contributed by atoms with Crippen molar-refractivity contribution in [1.82, 2.24) is 0 Å². The van der Waals surface area contributed by atoms with Crippen LogP contribution in [0.1, 0.15) is 20.8 Å². The number of esters is 1. The maximum Gasteiger partial charge on any atom is 0.384 e. The van der Waals surface area contributed by atoms with Crippen molar-refractivity contribution in [2.45, 2.75) is 31.1 Å². The number of rotatable bonds is 1. The Morgan fingerprint density at radius 1 is 1.45 bits per heavy atom. The van der Waals surface area contributed by atoms with Crippen LogP contribution in [0.4, 0.5) is 0 Å². The average molecular weight is 225 g/mol. The molecule has 11 heavy (non-hydrogen) atoms. The van der Waals surface area contributed by atoms with Gasteiger partial charge in [-0.05, 0) is 36.7 Å². The minimum Gasteiger partial charge on any atom is -0.455 e. The van der Waals surface area contributed by atoms with Crippen LogP contribution in [0.15, 0.2) is 0 Å². The molecule has 0 aliphatic carbocycles. The summed E-state index contributed by atoms with van der Waals surface area (Å²) < 4.78 is 3.60. The Hall–Kier alpha value is -0.130. The molecular weight excluding hydrogens is 216 g/mol. The summed E-state index contributed by atoms with van der Waals surface area (Å²) in [6.07, 6.45) is 0. The van der Waals surface area contributed by atoms with Crippen LogP contribution in [-0.4, -0.2) is 16.3 Å². The van der Waals surface area contributed by atoms with Gasteiger partial charge in [0.2, 0.25) is 0 Å². The first-order chi connectivity index (χ1) is 4.83. The molecule has 0 N–H and O–H groups in total. The zero-order valence-corrected chi connectivity index (χ0v) is 8.10. The van der Waals surface area contributed by atoms with E-state index in [1.807, 2.05) is 0 Å². The predicted molar refractivity (Wildman–Crippen MR) is 39.7 cm³/mol. The van der Waals surface area contributed by atoms with E-state index in [4.69, 9.17) is 4.74 Å². The van der Waals surface area contributed by atoms with Crippen molar-refractivity contribution in [1.29, 1.82) is 0 Å². The molecule has 1 rings (SSSR count). The molecule has 1 saturated heterocycles. The van der Waals surface area contributed by atoms with Gasteiger partial charge in [-0.3, -0.25) is 0 Å². The van der Waals surface area contributed by atoms with Crippen LogP contribution in [0, 0.1) is 0 Å². The summed E-state index contributed by atoms with van der Waals surface area (Å²) in [5, 5.41) is 0. The lowest BCUT2D eigenvalue weighted by atomic mass is 10.2. The second kappa shape index (κ2) is 2.43. The highest BCUT2D eigenvalue weighted by atomic mass is 79.9.